The summed E-state index contributed by atoms with van der Waals surface area (Å²) in [5, 5.41) is 20.3. The molecule has 5 saturated carbocycles. The van der Waals surface area contributed by atoms with Crippen molar-refractivity contribution in [1.29, 1.82) is 5.26 Å². The van der Waals surface area contributed by atoms with Crippen LogP contribution in [0.4, 0.5) is 8.78 Å². The third-order valence-corrected chi connectivity index (χ3v) is 8.06. The number of carbonyl (C=O) groups is 1. The maximum absolute atomic E-state index is 13.8. The number of fused-ring (bicyclic) bond motifs is 1. The van der Waals surface area contributed by atoms with Gasteiger partial charge in [-0.3, -0.25) is 4.79 Å². The first-order chi connectivity index (χ1) is 12.2. The van der Waals surface area contributed by atoms with Gasteiger partial charge >= 0.3 is 0 Å². The Bertz CT molecular complexity index is 691. The fourth-order valence-corrected chi connectivity index (χ4v) is 7.40. The quantitative estimate of drug-likeness (QED) is 0.781. The average molecular weight is 365 g/mol. The molecule has 6 atom stereocenters. The Labute approximate surface area is 151 Å². The molecule has 0 spiro atoms. The van der Waals surface area contributed by atoms with Crippen molar-refractivity contribution in [3.8, 4) is 6.07 Å². The lowest BCUT2D eigenvalue weighted by Crippen LogP contribution is -2.66. The number of hydrogen-bond donors (Lipinski definition) is 2. The van der Waals surface area contributed by atoms with Crippen molar-refractivity contribution in [2.24, 2.45) is 28.9 Å². The third-order valence-electron chi connectivity index (χ3n) is 8.06. The van der Waals surface area contributed by atoms with Crippen LogP contribution in [0.5, 0.6) is 0 Å². The van der Waals surface area contributed by atoms with Crippen molar-refractivity contribution in [3.05, 3.63) is 0 Å². The zero-order valence-electron chi connectivity index (χ0n) is 14.7. The molecule has 26 heavy (non-hydrogen) atoms. The molecular formula is C19H25F2N3O2. The van der Waals surface area contributed by atoms with E-state index in [-0.39, 0.29) is 18.7 Å². The highest BCUT2D eigenvalue weighted by molar-refractivity contribution is 5.84. The molecule has 5 nitrogen and oxygen atoms in total. The molecule has 1 aliphatic heterocycles. The molecule has 5 aliphatic carbocycles. The summed E-state index contributed by atoms with van der Waals surface area (Å²) in [6, 6.07) is -0.155. The van der Waals surface area contributed by atoms with E-state index in [2.05, 4.69) is 0 Å². The fraction of sp³-hybridized carbons (Fsp3) is 0.895. The predicted octanol–water partition coefficient (Wildman–Crippen LogP) is 1.79. The Morgan fingerprint density at radius 3 is 2.38 bits per heavy atom. The molecule has 0 radical (unpaired) electrons. The highest BCUT2D eigenvalue weighted by Crippen LogP contribution is 2.63. The van der Waals surface area contributed by atoms with Crippen LogP contribution in [0.3, 0.4) is 0 Å². The number of carbonyl (C=O) groups excluding carboxylic acids is 1. The Balaban J connectivity index is 1.42. The van der Waals surface area contributed by atoms with Gasteiger partial charge in [0.15, 0.2) is 0 Å². The van der Waals surface area contributed by atoms with Crippen molar-refractivity contribution in [2.45, 2.75) is 81.0 Å². The average Bonchev–Trinajstić information content (AvgIpc) is 2.85. The Kier molecular flexibility index (Phi) is 3.22. The summed E-state index contributed by atoms with van der Waals surface area (Å²) < 4.78 is 27.6. The minimum absolute atomic E-state index is 0.0365. The molecule has 6 fully saturated rings. The molecule has 1 amide bonds. The first-order valence-electron chi connectivity index (χ1n) is 9.74. The molecular weight excluding hydrogens is 340 g/mol. The third kappa shape index (κ3) is 2.09. The van der Waals surface area contributed by atoms with Crippen LogP contribution < -0.4 is 5.73 Å². The smallest absolute Gasteiger partial charge is 0.254 e. The second-order valence-corrected chi connectivity index (χ2v) is 9.79. The van der Waals surface area contributed by atoms with Gasteiger partial charge in [-0.25, -0.2) is 8.78 Å². The number of hydrogen-bond acceptors (Lipinski definition) is 4. The molecule has 0 aromatic rings. The molecule has 2 unspecified atom stereocenters. The van der Waals surface area contributed by atoms with E-state index < -0.39 is 41.0 Å². The molecule has 1 saturated heterocycles. The van der Waals surface area contributed by atoms with Gasteiger partial charge in [0.2, 0.25) is 5.91 Å². The lowest BCUT2D eigenvalue weighted by molar-refractivity contribution is -0.184. The van der Waals surface area contributed by atoms with Crippen molar-refractivity contribution in [1.82, 2.24) is 4.90 Å². The van der Waals surface area contributed by atoms with Crippen LogP contribution in [0.1, 0.15) is 51.4 Å². The topological polar surface area (TPSA) is 90.4 Å². The molecule has 6 rings (SSSR count). The predicted molar refractivity (Wildman–Crippen MR) is 87.7 cm³/mol. The van der Waals surface area contributed by atoms with Gasteiger partial charge in [0.1, 0.15) is 6.04 Å². The lowest BCUT2D eigenvalue weighted by atomic mass is 9.46. The molecule has 0 aromatic heterocycles. The van der Waals surface area contributed by atoms with E-state index in [1.807, 2.05) is 6.07 Å². The summed E-state index contributed by atoms with van der Waals surface area (Å²) >= 11 is 0. The molecule has 6 aliphatic rings. The summed E-state index contributed by atoms with van der Waals surface area (Å²) in [7, 11) is 0. The Hall–Kier alpha value is -1.26. The molecule has 4 bridgehead atoms. The van der Waals surface area contributed by atoms with Gasteiger partial charge in [0.05, 0.1) is 17.7 Å². The van der Waals surface area contributed by atoms with E-state index in [0.29, 0.717) is 18.3 Å². The van der Waals surface area contributed by atoms with Crippen LogP contribution in [0.15, 0.2) is 0 Å². The number of nitrogens with two attached hydrogens (primary N) is 1. The van der Waals surface area contributed by atoms with Gasteiger partial charge in [-0.2, -0.15) is 5.26 Å². The van der Waals surface area contributed by atoms with Crippen LogP contribution in [-0.4, -0.2) is 45.6 Å². The number of alkyl halides is 2. The van der Waals surface area contributed by atoms with Crippen molar-refractivity contribution < 1.29 is 18.7 Å². The van der Waals surface area contributed by atoms with Crippen LogP contribution in [0.2, 0.25) is 0 Å². The van der Waals surface area contributed by atoms with Crippen LogP contribution >= 0.6 is 0 Å². The largest absolute Gasteiger partial charge is 0.390 e. The van der Waals surface area contributed by atoms with Crippen LogP contribution in [0, 0.1) is 34.5 Å². The zero-order valence-corrected chi connectivity index (χ0v) is 14.7. The molecule has 3 N–H and O–H groups in total. The number of nitriles is 1. The monoisotopic (exact) mass is 365 g/mol. The SMILES string of the molecule is N#C[C@@H]1C[C@H]2[C@H](CC2(F)F)N1C(=O)[C@H](N)C12CC3CC(CC(O)(C3)C1)C2. The summed E-state index contributed by atoms with van der Waals surface area (Å²) in [6.45, 7) is 0. The number of nitrogens with zero attached hydrogens (tertiary/aromatic N) is 2. The van der Waals surface area contributed by atoms with E-state index in [1.165, 1.54) is 4.90 Å². The second kappa shape index (κ2) is 4.96. The number of likely N-dealkylation sites (tertiary alicyclic amines) is 1. The highest BCUT2D eigenvalue weighted by atomic mass is 19.3. The first-order valence-corrected chi connectivity index (χ1v) is 9.74. The number of rotatable bonds is 2. The Morgan fingerprint density at radius 1 is 1.19 bits per heavy atom. The van der Waals surface area contributed by atoms with E-state index in [1.54, 1.807) is 0 Å². The summed E-state index contributed by atoms with van der Waals surface area (Å²) in [5.74, 6) is -3.26. The summed E-state index contributed by atoms with van der Waals surface area (Å²) in [5.41, 5.74) is 5.30. The Morgan fingerprint density at radius 2 is 1.85 bits per heavy atom. The highest BCUT2D eigenvalue weighted by Gasteiger charge is 2.66. The number of amides is 1. The first kappa shape index (κ1) is 16.9. The maximum Gasteiger partial charge on any atom is 0.254 e. The minimum atomic E-state index is -2.78. The molecule has 1 heterocycles. The molecule has 0 aromatic carbocycles. The second-order valence-electron chi connectivity index (χ2n) is 9.79. The van der Waals surface area contributed by atoms with E-state index >= 15 is 0 Å². The number of halogens is 2. The van der Waals surface area contributed by atoms with Crippen LogP contribution in [0.25, 0.3) is 0 Å². The zero-order chi connectivity index (χ0) is 18.5. The molecule has 142 valence electrons. The molecule has 7 heteroatoms. The van der Waals surface area contributed by atoms with Crippen molar-refractivity contribution in [2.75, 3.05) is 0 Å². The number of aliphatic hydroxyl groups is 1. The lowest BCUT2D eigenvalue weighted by Gasteiger charge is -2.62. The van der Waals surface area contributed by atoms with Crippen LogP contribution in [-0.2, 0) is 4.79 Å². The summed E-state index contributed by atoms with van der Waals surface area (Å²) in [6.07, 6.45) is 4.51. The van der Waals surface area contributed by atoms with Crippen molar-refractivity contribution >= 4 is 5.91 Å². The normalized spacial score (nSPS) is 51.5. The van der Waals surface area contributed by atoms with E-state index in [9.17, 15) is 23.9 Å². The van der Waals surface area contributed by atoms with Gasteiger partial charge in [-0.1, -0.05) is 0 Å². The van der Waals surface area contributed by atoms with Gasteiger partial charge in [0.25, 0.3) is 5.92 Å². The van der Waals surface area contributed by atoms with Gasteiger partial charge in [0, 0.05) is 18.4 Å². The van der Waals surface area contributed by atoms with Gasteiger partial charge in [-0.15, -0.1) is 0 Å². The maximum atomic E-state index is 13.8. The van der Waals surface area contributed by atoms with E-state index in [0.717, 1.165) is 32.1 Å². The van der Waals surface area contributed by atoms with Crippen molar-refractivity contribution in [3.63, 3.8) is 0 Å². The standard InChI is InChI=1S/C19H25F2N3O2/c20-19(21)7-14-13(19)2-12(8-22)24(14)16(25)15(23)17-3-10-1-11(4-17)6-18(26,5-10)9-17/h10-15,26H,1-7,9,23H2/t10?,11?,12-,13-,14-,15-,17?,18?/m0/s1. The van der Waals surface area contributed by atoms with Gasteiger partial charge < -0.3 is 15.7 Å². The minimum Gasteiger partial charge on any atom is -0.390 e. The fourth-order valence-electron chi connectivity index (χ4n) is 7.40. The van der Waals surface area contributed by atoms with E-state index in [4.69, 9.17) is 5.73 Å². The summed E-state index contributed by atoms with van der Waals surface area (Å²) in [4.78, 5) is 14.6. The van der Waals surface area contributed by atoms with Gasteiger partial charge in [-0.05, 0) is 62.2 Å².